The van der Waals surface area contributed by atoms with Gasteiger partial charge in [-0.1, -0.05) is 41.5 Å². The van der Waals surface area contributed by atoms with Crippen LogP contribution in [0.3, 0.4) is 0 Å². The Morgan fingerprint density at radius 2 is 1.19 bits per heavy atom. The number of hydrogen-bond donors (Lipinski definition) is 0. The van der Waals surface area contributed by atoms with Crippen molar-refractivity contribution in [3.8, 4) is 0 Å². The van der Waals surface area contributed by atoms with E-state index in [-0.39, 0.29) is 0 Å². The van der Waals surface area contributed by atoms with Gasteiger partial charge in [0.2, 0.25) is 0 Å². The summed E-state index contributed by atoms with van der Waals surface area (Å²) in [5, 5.41) is 0. The molecule has 0 unspecified atom stereocenters. The second-order valence-corrected chi connectivity index (χ2v) is 13.3. The van der Waals surface area contributed by atoms with Gasteiger partial charge < -0.3 is 0 Å². The Bertz CT molecular complexity index is 462. The monoisotopic (exact) mass is 301 g/mol. The van der Waals surface area contributed by atoms with E-state index in [1.165, 1.54) is 22.3 Å². The third-order valence-corrected chi connectivity index (χ3v) is 11.8. The minimum Gasteiger partial charge on any atom is -0.0648 e. The number of benzene rings is 1. The van der Waals surface area contributed by atoms with Gasteiger partial charge in [0, 0.05) is 37.8 Å². The third kappa shape index (κ3) is 3.65. The molecular formula is C20H33Si+. The molecule has 0 atom stereocenters. The molecule has 1 rings (SSSR count). The lowest BCUT2D eigenvalue weighted by atomic mass is 10.0. The van der Waals surface area contributed by atoms with Crippen LogP contribution in [0, 0.1) is 26.8 Å². The number of hydrogen-bond acceptors (Lipinski definition) is 0. The van der Waals surface area contributed by atoms with Crippen LogP contribution in [-0.2, 0) is 0 Å². The molecule has 0 N–H and O–H groups in total. The molecule has 0 aliphatic carbocycles. The van der Waals surface area contributed by atoms with Crippen LogP contribution in [0.4, 0.5) is 0 Å². The van der Waals surface area contributed by atoms with Crippen molar-refractivity contribution in [2.75, 3.05) is 0 Å². The van der Waals surface area contributed by atoms with Crippen LogP contribution in [0.5, 0.6) is 0 Å². The lowest BCUT2D eigenvalue weighted by Gasteiger charge is -2.38. The third-order valence-electron chi connectivity index (χ3n) is 5.14. The molecule has 0 spiro atoms. The fourth-order valence-corrected chi connectivity index (χ4v) is 9.50. The zero-order valence-electron chi connectivity index (χ0n) is 15.5. The molecule has 1 aromatic carbocycles. The standard InChI is InChI=1S/C20H33Si/c1-14(2)21(15(3)4,16(5)6)11-10-20-18(8)12-17(7)13-19(20)9/h11-16H,1-9H3/q+1. The minimum absolute atomic E-state index is 0.746. The van der Waals surface area contributed by atoms with E-state index in [9.17, 15) is 0 Å². The molecule has 0 saturated heterocycles. The predicted molar refractivity (Wildman–Crippen MR) is 98.6 cm³/mol. The normalized spacial score (nSPS) is 12.8. The van der Waals surface area contributed by atoms with Gasteiger partial charge in [0.15, 0.2) is 5.56 Å². The second kappa shape index (κ2) is 6.90. The first-order chi connectivity index (χ1) is 9.62. The first-order valence-corrected chi connectivity index (χ1v) is 10.6. The van der Waals surface area contributed by atoms with Gasteiger partial charge in [0.25, 0.3) is 0 Å². The van der Waals surface area contributed by atoms with Crippen molar-refractivity contribution in [1.29, 1.82) is 0 Å². The summed E-state index contributed by atoms with van der Waals surface area (Å²) in [5.41, 5.74) is 10.1. The summed E-state index contributed by atoms with van der Waals surface area (Å²) in [7, 11) is -1.51. The highest BCUT2D eigenvalue weighted by atomic mass is 28.3. The Morgan fingerprint density at radius 1 is 0.810 bits per heavy atom. The summed E-state index contributed by atoms with van der Waals surface area (Å²) in [4.78, 5) is 0. The van der Waals surface area contributed by atoms with Gasteiger partial charge in [0.1, 0.15) is 8.07 Å². The van der Waals surface area contributed by atoms with Gasteiger partial charge in [-0.2, -0.15) is 0 Å². The fraction of sp³-hybridized carbons (Fsp3) is 0.600. The maximum atomic E-state index is 3.73. The quantitative estimate of drug-likeness (QED) is 0.428. The fourth-order valence-electron chi connectivity index (χ4n) is 4.10. The van der Waals surface area contributed by atoms with Crippen LogP contribution in [0.25, 0.3) is 0 Å². The summed E-state index contributed by atoms with van der Waals surface area (Å²) in [6.07, 6.45) is 3.73. The minimum atomic E-state index is -1.51. The topological polar surface area (TPSA) is 0 Å². The van der Waals surface area contributed by atoms with Crippen molar-refractivity contribution in [3.05, 3.63) is 46.2 Å². The predicted octanol–water partition coefficient (Wildman–Crippen LogP) is 6.54. The average molecular weight is 302 g/mol. The van der Waals surface area contributed by atoms with E-state index in [1.807, 2.05) is 0 Å². The highest BCUT2D eigenvalue weighted by molar-refractivity contribution is 6.87. The average Bonchev–Trinajstić information content (AvgIpc) is 2.30. The summed E-state index contributed by atoms with van der Waals surface area (Å²) in [5.74, 6) is 0. The summed E-state index contributed by atoms with van der Waals surface area (Å²) >= 11 is 0. The molecule has 0 radical (unpaired) electrons. The lowest BCUT2D eigenvalue weighted by Crippen LogP contribution is -2.42. The van der Waals surface area contributed by atoms with E-state index in [1.54, 1.807) is 0 Å². The van der Waals surface area contributed by atoms with Crippen LogP contribution in [0.1, 0.15) is 63.8 Å². The van der Waals surface area contributed by atoms with Crippen molar-refractivity contribution < 1.29 is 0 Å². The number of rotatable bonds is 5. The summed E-state index contributed by atoms with van der Waals surface area (Å²) < 4.78 is 0. The summed E-state index contributed by atoms with van der Waals surface area (Å²) in [6.45, 7) is 21.0. The van der Waals surface area contributed by atoms with E-state index in [4.69, 9.17) is 0 Å². The van der Waals surface area contributed by atoms with E-state index in [0.29, 0.717) is 0 Å². The van der Waals surface area contributed by atoms with Gasteiger partial charge in [-0.15, -0.1) is 0 Å². The molecule has 1 aromatic rings. The summed E-state index contributed by atoms with van der Waals surface area (Å²) in [6, 6.07) is 4.54. The second-order valence-electron chi connectivity index (χ2n) is 7.53. The first-order valence-electron chi connectivity index (χ1n) is 8.31. The van der Waals surface area contributed by atoms with Crippen LogP contribution in [0.15, 0.2) is 17.8 Å². The Hall–Kier alpha value is -0.913. The van der Waals surface area contributed by atoms with Gasteiger partial charge in [-0.25, -0.2) is 0 Å². The van der Waals surface area contributed by atoms with Gasteiger partial charge in [-0.05, 0) is 29.1 Å². The molecule has 0 saturated carbocycles. The molecule has 0 aromatic heterocycles. The van der Waals surface area contributed by atoms with E-state index >= 15 is 0 Å². The molecular weight excluding hydrogens is 268 g/mol. The Balaban J connectivity index is 3.33. The molecule has 116 valence electrons. The molecule has 0 aliphatic heterocycles. The molecule has 0 amide bonds. The highest BCUT2D eigenvalue weighted by Gasteiger charge is 2.42. The van der Waals surface area contributed by atoms with E-state index in [2.05, 4.69) is 86.2 Å². The highest BCUT2D eigenvalue weighted by Crippen LogP contribution is 2.42. The number of aryl methyl sites for hydroxylation is 3. The molecule has 0 aliphatic rings. The van der Waals surface area contributed by atoms with Crippen LogP contribution in [0.2, 0.25) is 16.6 Å². The zero-order valence-corrected chi connectivity index (χ0v) is 16.5. The van der Waals surface area contributed by atoms with Gasteiger partial charge in [-0.3, -0.25) is 0 Å². The SMILES string of the molecule is Cc1cc(C)c([C+]=C[Si](C(C)C)(C(C)C)C(C)C)c(C)c1. The molecule has 1 heteroatoms. The zero-order chi connectivity index (χ0) is 16.4. The van der Waals surface area contributed by atoms with Crippen molar-refractivity contribution in [1.82, 2.24) is 0 Å². The van der Waals surface area contributed by atoms with Crippen molar-refractivity contribution in [2.24, 2.45) is 0 Å². The Labute approximate surface area is 133 Å². The largest absolute Gasteiger partial charge is 0.192 e. The molecule has 0 fully saturated rings. The van der Waals surface area contributed by atoms with Gasteiger partial charge >= 0.3 is 0 Å². The Kier molecular flexibility index (Phi) is 5.96. The van der Waals surface area contributed by atoms with Crippen molar-refractivity contribution in [2.45, 2.75) is 78.9 Å². The van der Waals surface area contributed by atoms with Crippen LogP contribution >= 0.6 is 0 Å². The maximum absolute atomic E-state index is 3.73. The lowest BCUT2D eigenvalue weighted by molar-refractivity contribution is 0.833. The van der Waals surface area contributed by atoms with Crippen LogP contribution < -0.4 is 0 Å². The molecule has 21 heavy (non-hydrogen) atoms. The van der Waals surface area contributed by atoms with Crippen molar-refractivity contribution in [3.63, 3.8) is 0 Å². The van der Waals surface area contributed by atoms with Crippen molar-refractivity contribution >= 4 is 8.07 Å². The Morgan fingerprint density at radius 3 is 1.52 bits per heavy atom. The maximum Gasteiger partial charge on any atom is 0.192 e. The van der Waals surface area contributed by atoms with E-state index in [0.717, 1.165) is 16.6 Å². The molecule has 0 nitrogen and oxygen atoms in total. The van der Waals surface area contributed by atoms with E-state index < -0.39 is 8.07 Å². The molecule has 0 bridgehead atoms. The molecule has 0 heterocycles. The smallest absolute Gasteiger partial charge is 0.0648 e. The van der Waals surface area contributed by atoms with Gasteiger partial charge in [0.05, 0.1) is 11.1 Å². The van der Waals surface area contributed by atoms with Crippen LogP contribution in [-0.4, -0.2) is 8.07 Å². The first kappa shape index (κ1) is 18.1.